The van der Waals surface area contributed by atoms with Crippen LogP contribution in [0.3, 0.4) is 0 Å². The number of pyridine rings is 1. The molecule has 0 bridgehead atoms. The van der Waals surface area contributed by atoms with Crippen molar-refractivity contribution >= 4 is 16.9 Å². The van der Waals surface area contributed by atoms with E-state index in [0.29, 0.717) is 31.6 Å². The van der Waals surface area contributed by atoms with E-state index in [4.69, 9.17) is 10.7 Å². The van der Waals surface area contributed by atoms with Crippen molar-refractivity contribution in [1.82, 2.24) is 19.4 Å². The van der Waals surface area contributed by atoms with Crippen molar-refractivity contribution in [1.29, 1.82) is 0 Å². The smallest absolute Gasteiger partial charge is 0.256 e. The molecule has 6 heteroatoms. The highest BCUT2D eigenvalue weighted by Gasteiger charge is 2.32. The van der Waals surface area contributed by atoms with E-state index in [1.54, 1.807) is 6.20 Å². The summed E-state index contributed by atoms with van der Waals surface area (Å²) in [5, 5.41) is 0. The van der Waals surface area contributed by atoms with Crippen LogP contribution >= 0.6 is 0 Å². The molecular formula is C28H33N5O. The van der Waals surface area contributed by atoms with Crippen LogP contribution in [0, 0.1) is 12.8 Å². The van der Waals surface area contributed by atoms with Crippen molar-refractivity contribution in [2.24, 2.45) is 11.7 Å². The number of aromatic nitrogens is 3. The lowest BCUT2D eigenvalue weighted by Gasteiger charge is -2.34. The molecular weight excluding hydrogens is 422 g/mol. The number of hydrogen-bond acceptors (Lipinski definition) is 4. The zero-order valence-electron chi connectivity index (χ0n) is 20.2. The lowest BCUT2D eigenvalue weighted by Crippen LogP contribution is -2.40. The van der Waals surface area contributed by atoms with Crippen molar-refractivity contribution in [2.45, 2.75) is 39.8 Å². The Morgan fingerprint density at radius 1 is 1.03 bits per heavy atom. The Labute approximate surface area is 201 Å². The lowest BCUT2D eigenvalue weighted by molar-refractivity contribution is 0.0604. The maximum Gasteiger partial charge on any atom is 0.256 e. The first kappa shape index (κ1) is 23.6. The molecule has 2 aromatic heterocycles. The third-order valence-electron chi connectivity index (χ3n) is 6.12. The number of fused-ring (bicyclic) bond motifs is 1. The van der Waals surface area contributed by atoms with Gasteiger partial charge in [-0.1, -0.05) is 56.3 Å². The number of imidazole rings is 1. The molecule has 34 heavy (non-hydrogen) atoms. The fourth-order valence-electron chi connectivity index (χ4n) is 4.44. The van der Waals surface area contributed by atoms with Crippen LogP contribution in [0.15, 0.2) is 72.9 Å². The quantitative estimate of drug-likeness (QED) is 0.386. The number of hydrogen-bond donors (Lipinski definition) is 1. The average molecular weight is 456 g/mol. The van der Waals surface area contributed by atoms with Gasteiger partial charge in [-0.25, -0.2) is 4.98 Å². The Hall–Kier alpha value is -3.51. The summed E-state index contributed by atoms with van der Waals surface area (Å²) in [6.07, 6.45) is 2.38. The third kappa shape index (κ3) is 5.02. The fraction of sp³-hybridized carbons (Fsp3) is 0.321. The van der Waals surface area contributed by atoms with Crippen LogP contribution in [0.1, 0.15) is 53.7 Å². The second-order valence-corrected chi connectivity index (χ2v) is 9.05. The van der Waals surface area contributed by atoms with Crippen LogP contribution in [0.2, 0.25) is 0 Å². The Morgan fingerprint density at radius 3 is 2.44 bits per heavy atom. The lowest BCUT2D eigenvalue weighted by atomic mass is 9.99. The maximum absolute atomic E-state index is 13.8. The average Bonchev–Trinajstić information content (AvgIpc) is 3.19. The molecule has 0 saturated carbocycles. The summed E-state index contributed by atoms with van der Waals surface area (Å²) < 4.78 is 2.26. The van der Waals surface area contributed by atoms with E-state index in [9.17, 15) is 4.79 Å². The number of carbonyl (C=O) groups excluding carboxylic acids is 1. The molecule has 0 aliphatic rings. The Kier molecular flexibility index (Phi) is 7.38. The number of benzene rings is 2. The number of nitrogens with two attached hydrogens (primary N) is 1. The minimum atomic E-state index is -0.212. The van der Waals surface area contributed by atoms with Crippen LogP contribution in [0.4, 0.5) is 0 Å². The second kappa shape index (κ2) is 10.6. The van der Waals surface area contributed by atoms with E-state index in [-0.39, 0.29) is 17.9 Å². The summed E-state index contributed by atoms with van der Waals surface area (Å²) in [7, 11) is 0. The molecule has 0 radical (unpaired) electrons. The van der Waals surface area contributed by atoms with Crippen molar-refractivity contribution in [3.8, 4) is 0 Å². The number of nitrogens with zero attached hydrogens (tertiary/aromatic N) is 4. The van der Waals surface area contributed by atoms with Gasteiger partial charge in [-0.2, -0.15) is 0 Å². The Balaban J connectivity index is 1.83. The molecule has 1 atom stereocenters. The minimum Gasteiger partial charge on any atom is -0.330 e. The van der Waals surface area contributed by atoms with Crippen LogP contribution in [-0.2, 0) is 6.54 Å². The van der Waals surface area contributed by atoms with Crippen LogP contribution in [0.25, 0.3) is 11.0 Å². The SMILES string of the molecule is Cc1ccc(C(=O)N(CCCN)C(c2nc3ccccc3n2Cc2ccccc2)C(C)C)cn1. The normalized spacial score (nSPS) is 12.3. The van der Waals surface area contributed by atoms with Gasteiger partial charge in [0.2, 0.25) is 0 Å². The van der Waals surface area contributed by atoms with E-state index in [1.165, 1.54) is 5.56 Å². The topological polar surface area (TPSA) is 77.0 Å². The molecule has 4 rings (SSSR count). The molecule has 0 aliphatic heterocycles. The Bertz CT molecular complexity index is 1230. The first-order valence-corrected chi connectivity index (χ1v) is 11.9. The van der Waals surface area contributed by atoms with Gasteiger partial charge in [0.05, 0.1) is 22.6 Å². The minimum absolute atomic E-state index is 0.0435. The molecule has 0 aliphatic carbocycles. The molecule has 1 amide bonds. The first-order valence-electron chi connectivity index (χ1n) is 11.9. The van der Waals surface area contributed by atoms with Gasteiger partial charge in [0.1, 0.15) is 5.82 Å². The first-order chi connectivity index (χ1) is 16.5. The molecule has 4 aromatic rings. The second-order valence-electron chi connectivity index (χ2n) is 9.05. The number of aryl methyl sites for hydroxylation is 1. The molecule has 1 unspecified atom stereocenters. The molecule has 6 nitrogen and oxygen atoms in total. The van der Waals surface area contributed by atoms with Gasteiger partial charge in [0.15, 0.2) is 0 Å². The van der Waals surface area contributed by atoms with E-state index in [2.05, 4.69) is 53.7 Å². The van der Waals surface area contributed by atoms with Crippen molar-refractivity contribution in [3.63, 3.8) is 0 Å². The summed E-state index contributed by atoms with van der Waals surface area (Å²) in [5.74, 6) is 0.995. The van der Waals surface area contributed by atoms with Gasteiger partial charge in [-0.05, 0) is 55.6 Å². The highest BCUT2D eigenvalue weighted by molar-refractivity contribution is 5.94. The number of para-hydroxylation sites is 2. The number of carbonyl (C=O) groups is 1. The summed E-state index contributed by atoms with van der Waals surface area (Å²) >= 11 is 0. The van der Waals surface area contributed by atoms with Gasteiger partial charge in [0.25, 0.3) is 5.91 Å². The zero-order valence-corrected chi connectivity index (χ0v) is 20.2. The molecule has 176 valence electrons. The van der Waals surface area contributed by atoms with E-state index in [0.717, 1.165) is 22.6 Å². The highest BCUT2D eigenvalue weighted by Crippen LogP contribution is 2.33. The van der Waals surface area contributed by atoms with Crippen LogP contribution in [-0.4, -0.2) is 38.4 Å². The Morgan fingerprint density at radius 2 is 1.76 bits per heavy atom. The van der Waals surface area contributed by atoms with Crippen LogP contribution < -0.4 is 5.73 Å². The van der Waals surface area contributed by atoms with Gasteiger partial charge in [0, 0.05) is 25.0 Å². The molecule has 2 heterocycles. The number of amides is 1. The molecule has 2 N–H and O–H groups in total. The van der Waals surface area contributed by atoms with E-state index >= 15 is 0 Å². The predicted octanol–water partition coefficient (Wildman–Crippen LogP) is 4.98. The number of rotatable bonds is 9. The standard InChI is InChI=1S/C28H33N5O/c1-20(2)26(32(17-9-16-29)28(34)23-15-14-21(3)30-18-23)27-31-24-12-7-8-13-25(24)33(27)19-22-10-5-4-6-11-22/h4-8,10-15,18,20,26H,9,16-17,19,29H2,1-3H3. The molecule has 2 aromatic carbocycles. The van der Waals surface area contributed by atoms with Gasteiger partial charge in [-0.3, -0.25) is 9.78 Å². The monoisotopic (exact) mass is 455 g/mol. The van der Waals surface area contributed by atoms with Gasteiger partial charge >= 0.3 is 0 Å². The van der Waals surface area contributed by atoms with Gasteiger partial charge in [-0.15, -0.1) is 0 Å². The van der Waals surface area contributed by atoms with Gasteiger partial charge < -0.3 is 15.2 Å². The van der Waals surface area contributed by atoms with Crippen LogP contribution in [0.5, 0.6) is 0 Å². The molecule has 0 spiro atoms. The van der Waals surface area contributed by atoms with E-state index < -0.39 is 0 Å². The predicted molar refractivity (Wildman–Crippen MR) is 137 cm³/mol. The highest BCUT2D eigenvalue weighted by atomic mass is 16.2. The van der Waals surface area contributed by atoms with E-state index in [1.807, 2.05) is 48.2 Å². The van der Waals surface area contributed by atoms with Crippen molar-refractivity contribution < 1.29 is 4.79 Å². The fourth-order valence-corrected chi connectivity index (χ4v) is 4.44. The summed E-state index contributed by atoms with van der Waals surface area (Å²) in [6, 6.07) is 22.1. The largest absolute Gasteiger partial charge is 0.330 e. The molecule has 0 fully saturated rings. The maximum atomic E-state index is 13.8. The van der Waals surface area contributed by atoms with Crippen molar-refractivity contribution in [3.05, 3.63) is 95.6 Å². The summed E-state index contributed by atoms with van der Waals surface area (Å²) in [5.41, 5.74) is 10.5. The zero-order chi connectivity index (χ0) is 24.1. The molecule has 0 saturated heterocycles. The van der Waals surface area contributed by atoms with Crippen molar-refractivity contribution in [2.75, 3.05) is 13.1 Å². The summed E-state index contributed by atoms with van der Waals surface area (Å²) in [4.78, 5) is 25.1. The summed E-state index contributed by atoms with van der Waals surface area (Å²) in [6.45, 7) is 7.97. The third-order valence-corrected chi connectivity index (χ3v) is 6.12.